The number of carbonyl (C=O) groups excluding carboxylic acids is 1. The van der Waals surface area contributed by atoms with Crippen molar-refractivity contribution >= 4 is 27.3 Å². The van der Waals surface area contributed by atoms with Crippen molar-refractivity contribution in [3.63, 3.8) is 0 Å². The van der Waals surface area contributed by atoms with E-state index in [1.165, 1.54) is 33.2 Å². The first kappa shape index (κ1) is 44.3. The molecule has 0 saturated carbocycles. The summed E-state index contributed by atoms with van der Waals surface area (Å²) in [6, 6.07) is 41.2. The number of aliphatic hydroxyl groups is 1. The molecule has 2 heterocycles. The number of fused-ring (bicyclic) bond motifs is 2. The van der Waals surface area contributed by atoms with Crippen molar-refractivity contribution in [1.29, 1.82) is 0 Å². The maximum absolute atomic E-state index is 11.7. The number of hydrogen-bond acceptors (Lipinski definition) is 4. The zero-order valence-corrected chi connectivity index (χ0v) is 36.7. The molecule has 4 nitrogen and oxygen atoms in total. The zero-order valence-electron chi connectivity index (χ0n) is 34.3. The summed E-state index contributed by atoms with van der Waals surface area (Å²) in [4.78, 5) is 21.9. The summed E-state index contributed by atoms with van der Waals surface area (Å²) in [5.74, 6) is 1.16. The molecule has 0 saturated heterocycles. The van der Waals surface area contributed by atoms with E-state index in [1.54, 1.807) is 0 Å². The SMILES string of the molecule is CCC(CC)C(=O)C=C(O)C(CC)CC.Cc1[c-]c(-c2cc3cc(CC(C)C)ccc3c(CCCc3cccc(-c4[c-]cccc4)n3)n2)c2ccccc2c1.[Ir]. The van der Waals surface area contributed by atoms with Gasteiger partial charge >= 0.3 is 0 Å². The third kappa shape index (κ3) is 11.8. The van der Waals surface area contributed by atoms with Gasteiger partial charge in [-0.3, -0.25) is 4.79 Å². The Labute approximate surface area is 349 Å². The molecule has 0 bridgehead atoms. The number of ketones is 1. The van der Waals surface area contributed by atoms with E-state index in [4.69, 9.17) is 9.97 Å². The van der Waals surface area contributed by atoms with E-state index in [1.807, 2.05) is 45.9 Å². The van der Waals surface area contributed by atoms with Crippen molar-refractivity contribution < 1.29 is 30.0 Å². The topological polar surface area (TPSA) is 63.1 Å². The quantitative estimate of drug-likeness (QED) is 0.0633. The number of pyridine rings is 2. The van der Waals surface area contributed by atoms with Crippen LogP contribution >= 0.6 is 0 Å². The Balaban J connectivity index is 0.000000372. The number of hydrogen-bond donors (Lipinski definition) is 1. The smallest absolute Gasteiger partial charge is 0.162 e. The van der Waals surface area contributed by atoms with E-state index in [-0.39, 0.29) is 43.5 Å². The van der Waals surface area contributed by atoms with E-state index in [0.29, 0.717) is 5.92 Å². The van der Waals surface area contributed by atoms with Crippen molar-refractivity contribution in [3.05, 3.63) is 144 Å². The molecule has 0 spiro atoms. The van der Waals surface area contributed by atoms with Crippen LogP contribution in [0.4, 0.5) is 0 Å². The summed E-state index contributed by atoms with van der Waals surface area (Å²) in [5.41, 5.74) is 8.86. The summed E-state index contributed by atoms with van der Waals surface area (Å²) in [7, 11) is 0. The van der Waals surface area contributed by atoms with Gasteiger partial charge in [-0.25, -0.2) is 0 Å². The van der Waals surface area contributed by atoms with E-state index >= 15 is 0 Å². The monoisotopic (exact) mass is 923 g/mol. The van der Waals surface area contributed by atoms with Gasteiger partial charge in [0.2, 0.25) is 0 Å². The molecule has 4 aromatic carbocycles. The van der Waals surface area contributed by atoms with Crippen LogP contribution in [0.3, 0.4) is 0 Å². The van der Waals surface area contributed by atoms with E-state index < -0.39 is 0 Å². The second-order valence-corrected chi connectivity index (χ2v) is 15.2. The molecule has 295 valence electrons. The van der Waals surface area contributed by atoms with Gasteiger partial charge in [-0.1, -0.05) is 115 Å². The second-order valence-electron chi connectivity index (χ2n) is 15.2. The Morgan fingerprint density at radius 3 is 2.18 bits per heavy atom. The third-order valence-electron chi connectivity index (χ3n) is 10.5. The Bertz CT molecular complexity index is 2200. The fourth-order valence-corrected chi connectivity index (χ4v) is 7.42. The van der Waals surface area contributed by atoms with Crippen molar-refractivity contribution in [2.24, 2.45) is 17.8 Å². The first-order valence-corrected chi connectivity index (χ1v) is 20.4. The van der Waals surface area contributed by atoms with Gasteiger partial charge in [0, 0.05) is 54.8 Å². The zero-order chi connectivity index (χ0) is 39.3. The summed E-state index contributed by atoms with van der Waals surface area (Å²) in [6.07, 6.45) is 8.75. The predicted molar refractivity (Wildman–Crippen MR) is 231 cm³/mol. The second kappa shape index (κ2) is 21.8. The van der Waals surface area contributed by atoms with Crippen LogP contribution < -0.4 is 0 Å². The molecule has 0 aliphatic heterocycles. The van der Waals surface area contributed by atoms with Gasteiger partial charge in [-0.05, 0) is 85.7 Å². The van der Waals surface area contributed by atoms with Gasteiger partial charge in [0.1, 0.15) is 0 Å². The summed E-state index contributed by atoms with van der Waals surface area (Å²) < 4.78 is 0. The first-order chi connectivity index (χ1) is 26.6. The number of aliphatic hydroxyl groups excluding tert-OH is 1. The van der Waals surface area contributed by atoms with Gasteiger partial charge in [0.15, 0.2) is 5.78 Å². The molecular formula is C51H58IrN2O2-2. The minimum absolute atomic E-state index is 0. The summed E-state index contributed by atoms with van der Waals surface area (Å²) >= 11 is 0. The van der Waals surface area contributed by atoms with Gasteiger partial charge < -0.3 is 15.1 Å². The Morgan fingerprint density at radius 1 is 0.750 bits per heavy atom. The summed E-state index contributed by atoms with van der Waals surface area (Å²) in [5, 5.41) is 14.7. The maximum Gasteiger partial charge on any atom is 0.162 e. The van der Waals surface area contributed by atoms with E-state index in [0.717, 1.165) is 90.8 Å². The minimum Gasteiger partial charge on any atom is -0.512 e. The number of rotatable bonds is 15. The largest absolute Gasteiger partial charge is 0.512 e. The molecule has 0 amide bonds. The van der Waals surface area contributed by atoms with Crippen LogP contribution in [-0.2, 0) is 44.2 Å². The molecule has 6 aromatic rings. The van der Waals surface area contributed by atoms with E-state index in [9.17, 15) is 9.90 Å². The molecule has 1 radical (unpaired) electrons. The van der Waals surface area contributed by atoms with Crippen LogP contribution in [0.25, 0.3) is 44.1 Å². The van der Waals surface area contributed by atoms with E-state index in [2.05, 4.69) is 112 Å². The minimum atomic E-state index is 0. The fraction of sp³-hybridized carbons (Fsp3) is 0.353. The van der Waals surface area contributed by atoms with Crippen LogP contribution in [-0.4, -0.2) is 20.9 Å². The van der Waals surface area contributed by atoms with Gasteiger partial charge in [0.05, 0.1) is 5.76 Å². The third-order valence-corrected chi connectivity index (χ3v) is 10.5. The number of aromatic nitrogens is 2. The summed E-state index contributed by atoms with van der Waals surface area (Å²) in [6.45, 7) is 14.7. The number of allylic oxidation sites excluding steroid dienone is 2. The average Bonchev–Trinajstić information content (AvgIpc) is 3.18. The predicted octanol–water partition coefficient (Wildman–Crippen LogP) is 13.3. The van der Waals surface area contributed by atoms with Gasteiger partial charge in [-0.2, -0.15) is 0 Å². The molecule has 2 aromatic heterocycles. The fourth-order valence-electron chi connectivity index (χ4n) is 7.42. The van der Waals surface area contributed by atoms with Crippen molar-refractivity contribution in [2.75, 3.05) is 0 Å². The normalized spacial score (nSPS) is 11.6. The number of nitrogens with zero attached hydrogens (tertiary/aromatic N) is 2. The molecule has 56 heavy (non-hydrogen) atoms. The van der Waals surface area contributed by atoms with Crippen LogP contribution in [0.15, 0.2) is 109 Å². The Kier molecular flexibility index (Phi) is 17.2. The van der Waals surface area contributed by atoms with Crippen LogP contribution in [0, 0.1) is 36.8 Å². The van der Waals surface area contributed by atoms with Gasteiger partial charge in [0.25, 0.3) is 0 Å². The van der Waals surface area contributed by atoms with Gasteiger partial charge in [-0.15, -0.1) is 64.5 Å². The molecule has 0 aliphatic carbocycles. The first-order valence-electron chi connectivity index (χ1n) is 20.4. The number of aryl methyl sites for hydroxylation is 3. The Hall–Kier alpha value is -4.44. The maximum atomic E-state index is 11.7. The molecule has 5 heteroatoms. The average molecular weight is 923 g/mol. The molecule has 0 atom stereocenters. The van der Waals surface area contributed by atoms with Crippen LogP contribution in [0.2, 0.25) is 0 Å². The molecule has 0 unspecified atom stereocenters. The van der Waals surface area contributed by atoms with Crippen molar-refractivity contribution in [1.82, 2.24) is 9.97 Å². The molecule has 0 aliphatic rings. The Morgan fingerprint density at radius 2 is 1.48 bits per heavy atom. The van der Waals surface area contributed by atoms with Crippen molar-refractivity contribution in [2.45, 2.75) is 99.8 Å². The van der Waals surface area contributed by atoms with Crippen molar-refractivity contribution in [3.8, 4) is 22.5 Å². The molecule has 0 fully saturated rings. The molecular weight excluding hydrogens is 865 g/mol. The molecule has 1 N–H and O–H groups in total. The number of carbonyl (C=O) groups is 1. The van der Waals surface area contributed by atoms with Crippen LogP contribution in [0.5, 0.6) is 0 Å². The molecule has 6 rings (SSSR count). The van der Waals surface area contributed by atoms with Crippen LogP contribution in [0.1, 0.15) is 96.2 Å². The number of benzene rings is 4. The standard InChI is InChI=1S/C38H34N2.C13H24O2.Ir/c1-26(2)21-28-19-20-34-31(24-28)25-38(35-23-27(3)22-30-13-7-8-16-33(30)35)40-37(34)18-10-15-32-14-9-17-36(39-32)29-11-5-4-6-12-29;1-5-10(6-2)12(14)9-13(15)11(7-3)8-4;/h4-9,11,13-14,16-17,19-20,22,24-26H,10,15,18,21H2,1-3H3;9-11,14H,5-8H2,1-4H3;/q-2;;.